The SMILES string of the molecule is CCCCC/C=C/C/C=C/CCCCCCCCOC(=O)CCCCCCC/C=C/C/C=C/CCCCC. The Morgan fingerprint density at radius 3 is 1.26 bits per heavy atom. The predicted molar refractivity (Wildman–Crippen MR) is 170 cm³/mol. The molecule has 0 aliphatic heterocycles. The van der Waals surface area contributed by atoms with Crippen molar-refractivity contribution in [3.05, 3.63) is 48.6 Å². The zero-order valence-electron chi connectivity index (χ0n) is 25.6. The summed E-state index contributed by atoms with van der Waals surface area (Å²) in [6.07, 6.45) is 47.3. The van der Waals surface area contributed by atoms with Crippen LogP contribution in [0, 0.1) is 0 Å². The fraction of sp³-hybridized carbons (Fsp3) is 0.750. The van der Waals surface area contributed by atoms with Crippen molar-refractivity contribution < 1.29 is 9.53 Å². The number of unbranched alkanes of at least 4 members (excludes halogenated alkanes) is 17. The molecule has 0 amide bonds. The number of rotatable bonds is 29. The summed E-state index contributed by atoms with van der Waals surface area (Å²) in [5.74, 6) is -0.00160. The number of carbonyl (C=O) groups is 1. The third kappa shape index (κ3) is 32.5. The van der Waals surface area contributed by atoms with Crippen molar-refractivity contribution in [3.63, 3.8) is 0 Å². The number of carbonyl (C=O) groups excluding carboxylic acids is 1. The summed E-state index contributed by atoms with van der Waals surface area (Å²) in [5.41, 5.74) is 0. The summed E-state index contributed by atoms with van der Waals surface area (Å²) in [6.45, 7) is 5.11. The average molecular weight is 529 g/mol. The smallest absolute Gasteiger partial charge is 0.305 e. The van der Waals surface area contributed by atoms with Crippen LogP contribution in [0.3, 0.4) is 0 Å². The van der Waals surface area contributed by atoms with Crippen LogP contribution in [-0.4, -0.2) is 12.6 Å². The van der Waals surface area contributed by atoms with E-state index in [0.717, 1.165) is 32.1 Å². The van der Waals surface area contributed by atoms with E-state index in [1.165, 1.54) is 116 Å². The highest BCUT2D eigenvalue weighted by molar-refractivity contribution is 5.69. The highest BCUT2D eigenvalue weighted by Gasteiger charge is 2.02. The van der Waals surface area contributed by atoms with Crippen LogP contribution >= 0.6 is 0 Å². The molecular formula is C36H64O2. The second kappa shape index (κ2) is 33.5. The first-order valence-electron chi connectivity index (χ1n) is 16.6. The van der Waals surface area contributed by atoms with Gasteiger partial charge in [-0.25, -0.2) is 0 Å². The molecule has 0 atom stereocenters. The van der Waals surface area contributed by atoms with E-state index in [0.29, 0.717) is 13.0 Å². The molecule has 0 aliphatic rings. The molecule has 0 aromatic carbocycles. The van der Waals surface area contributed by atoms with E-state index in [9.17, 15) is 4.79 Å². The van der Waals surface area contributed by atoms with E-state index < -0.39 is 0 Å². The predicted octanol–water partition coefficient (Wildman–Crippen LogP) is 12.2. The highest BCUT2D eigenvalue weighted by atomic mass is 16.5. The summed E-state index contributed by atoms with van der Waals surface area (Å²) in [6, 6.07) is 0. The Kier molecular flexibility index (Phi) is 32.1. The standard InChI is InChI=1S/C36H64O2/c1-3-5-7-9-11-13-15-17-19-21-23-25-27-29-31-33-35-38-36(37)34-32-30-28-26-24-22-20-18-16-14-12-10-8-6-4-2/h11-14,17-20H,3-10,15-16,21-35H2,1-2H3/b13-11+,14-12+,19-17+,20-18+. The first-order valence-corrected chi connectivity index (χ1v) is 16.6. The maximum Gasteiger partial charge on any atom is 0.305 e. The summed E-state index contributed by atoms with van der Waals surface area (Å²) < 4.78 is 5.41. The van der Waals surface area contributed by atoms with E-state index in [-0.39, 0.29) is 5.97 Å². The van der Waals surface area contributed by atoms with Gasteiger partial charge in [-0.05, 0) is 77.0 Å². The lowest BCUT2D eigenvalue weighted by molar-refractivity contribution is -0.143. The Balaban J connectivity index is 3.29. The Bertz CT molecular complexity index is 584. The lowest BCUT2D eigenvalue weighted by Gasteiger charge is -2.05. The quantitative estimate of drug-likeness (QED) is 0.0548. The minimum absolute atomic E-state index is 0.00160. The van der Waals surface area contributed by atoms with Crippen LogP contribution in [0.25, 0.3) is 0 Å². The fourth-order valence-electron chi connectivity index (χ4n) is 4.43. The molecule has 0 fully saturated rings. The van der Waals surface area contributed by atoms with Crippen molar-refractivity contribution in [2.24, 2.45) is 0 Å². The van der Waals surface area contributed by atoms with Gasteiger partial charge in [0.25, 0.3) is 0 Å². The Hall–Kier alpha value is -1.57. The molecule has 0 heterocycles. The van der Waals surface area contributed by atoms with Crippen molar-refractivity contribution in [1.82, 2.24) is 0 Å². The maximum absolute atomic E-state index is 11.9. The monoisotopic (exact) mass is 528 g/mol. The van der Waals surface area contributed by atoms with Gasteiger partial charge in [-0.15, -0.1) is 0 Å². The van der Waals surface area contributed by atoms with Crippen LogP contribution in [-0.2, 0) is 9.53 Å². The molecule has 0 saturated carbocycles. The Morgan fingerprint density at radius 2 is 0.816 bits per heavy atom. The molecule has 0 aromatic heterocycles. The molecule has 2 nitrogen and oxygen atoms in total. The van der Waals surface area contributed by atoms with Gasteiger partial charge in [-0.1, -0.05) is 133 Å². The first-order chi connectivity index (χ1) is 18.8. The van der Waals surface area contributed by atoms with Crippen LogP contribution in [0.5, 0.6) is 0 Å². The molecule has 0 unspecified atom stereocenters. The second-order valence-corrected chi connectivity index (χ2v) is 10.8. The molecule has 0 aliphatic carbocycles. The van der Waals surface area contributed by atoms with Crippen molar-refractivity contribution >= 4 is 5.97 Å². The van der Waals surface area contributed by atoms with Crippen molar-refractivity contribution in [1.29, 1.82) is 0 Å². The third-order valence-electron chi connectivity index (χ3n) is 6.94. The van der Waals surface area contributed by atoms with Gasteiger partial charge in [0.15, 0.2) is 0 Å². The van der Waals surface area contributed by atoms with E-state index in [1.54, 1.807) is 0 Å². The Morgan fingerprint density at radius 1 is 0.447 bits per heavy atom. The number of hydrogen-bond acceptors (Lipinski definition) is 2. The molecule has 0 spiro atoms. The zero-order valence-corrected chi connectivity index (χ0v) is 25.6. The summed E-state index contributed by atoms with van der Waals surface area (Å²) in [4.78, 5) is 11.9. The molecule has 0 rings (SSSR count). The van der Waals surface area contributed by atoms with Crippen LogP contribution < -0.4 is 0 Å². The zero-order chi connectivity index (χ0) is 27.6. The van der Waals surface area contributed by atoms with Crippen LogP contribution in [0.2, 0.25) is 0 Å². The second-order valence-electron chi connectivity index (χ2n) is 10.8. The molecule has 0 N–H and O–H groups in total. The summed E-state index contributed by atoms with van der Waals surface area (Å²) in [7, 11) is 0. The lowest BCUT2D eigenvalue weighted by Crippen LogP contribution is -2.05. The fourth-order valence-corrected chi connectivity index (χ4v) is 4.43. The third-order valence-corrected chi connectivity index (χ3v) is 6.94. The Labute approximate surface area is 238 Å². The van der Waals surface area contributed by atoms with Crippen molar-refractivity contribution in [2.45, 2.75) is 168 Å². The maximum atomic E-state index is 11.9. The number of allylic oxidation sites excluding steroid dienone is 8. The molecule has 220 valence electrons. The van der Waals surface area contributed by atoms with Gasteiger partial charge in [0, 0.05) is 6.42 Å². The minimum Gasteiger partial charge on any atom is -0.466 e. The number of ether oxygens (including phenoxy) is 1. The minimum atomic E-state index is -0.00160. The number of hydrogen-bond donors (Lipinski definition) is 0. The van der Waals surface area contributed by atoms with Crippen LogP contribution in [0.4, 0.5) is 0 Å². The van der Waals surface area contributed by atoms with Crippen molar-refractivity contribution in [2.75, 3.05) is 6.61 Å². The van der Waals surface area contributed by atoms with Crippen LogP contribution in [0.15, 0.2) is 48.6 Å². The normalized spacial score (nSPS) is 12.2. The summed E-state index contributed by atoms with van der Waals surface area (Å²) in [5, 5.41) is 0. The van der Waals surface area contributed by atoms with Crippen molar-refractivity contribution in [3.8, 4) is 0 Å². The molecular weight excluding hydrogens is 464 g/mol. The van der Waals surface area contributed by atoms with Gasteiger partial charge in [0.1, 0.15) is 0 Å². The largest absolute Gasteiger partial charge is 0.466 e. The van der Waals surface area contributed by atoms with E-state index in [4.69, 9.17) is 4.74 Å². The van der Waals surface area contributed by atoms with Gasteiger partial charge in [0.05, 0.1) is 6.61 Å². The van der Waals surface area contributed by atoms with Crippen LogP contribution in [0.1, 0.15) is 168 Å². The van der Waals surface area contributed by atoms with E-state index in [1.807, 2.05) is 0 Å². The van der Waals surface area contributed by atoms with E-state index >= 15 is 0 Å². The van der Waals surface area contributed by atoms with Gasteiger partial charge in [-0.2, -0.15) is 0 Å². The number of esters is 1. The first kappa shape index (κ1) is 36.4. The average Bonchev–Trinajstić information content (AvgIpc) is 2.92. The highest BCUT2D eigenvalue weighted by Crippen LogP contribution is 2.11. The van der Waals surface area contributed by atoms with Gasteiger partial charge in [0.2, 0.25) is 0 Å². The summed E-state index contributed by atoms with van der Waals surface area (Å²) >= 11 is 0. The van der Waals surface area contributed by atoms with Gasteiger partial charge in [-0.3, -0.25) is 4.79 Å². The van der Waals surface area contributed by atoms with Gasteiger partial charge >= 0.3 is 5.97 Å². The topological polar surface area (TPSA) is 26.3 Å². The van der Waals surface area contributed by atoms with Gasteiger partial charge < -0.3 is 4.74 Å². The molecule has 0 saturated heterocycles. The molecule has 0 aromatic rings. The molecule has 0 bridgehead atoms. The lowest BCUT2D eigenvalue weighted by atomic mass is 10.1. The molecule has 0 radical (unpaired) electrons. The van der Waals surface area contributed by atoms with E-state index in [2.05, 4.69) is 62.5 Å². The molecule has 2 heteroatoms. The molecule has 38 heavy (non-hydrogen) atoms.